The van der Waals surface area contributed by atoms with Crippen molar-refractivity contribution < 1.29 is 25.2 Å². The van der Waals surface area contributed by atoms with E-state index < -0.39 is 30.7 Å². The summed E-state index contributed by atoms with van der Waals surface area (Å²) < 4.78 is 4.94. The van der Waals surface area contributed by atoms with Gasteiger partial charge in [-0.1, -0.05) is 13.8 Å². The highest BCUT2D eigenvalue weighted by molar-refractivity contribution is 4.89. The van der Waals surface area contributed by atoms with Crippen molar-refractivity contribution in [3.8, 4) is 0 Å². The summed E-state index contributed by atoms with van der Waals surface area (Å²) in [6.45, 7) is 3.59. The maximum Gasteiger partial charge on any atom is 0.183 e. The van der Waals surface area contributed by atoms with Gasteiger partial charge in [-0.25, -0.2) is 0 Å². The summed E-state index contributed by atoms with van der Waals surface area (Å²) in [6.07, 6.45) is -6.02. The molecule has 5 nitrogen and oxygen atoms in total. The van der Waals surface area contributed by atoms with Crippen LogP contribution in [0, 0.1) is 5.92 Å². The number of aliphatic hydroxyl groups is 4. The molecule has 4 N–H and O–H groups in total. The minimum atomic E-state index is -1.44. The average molecular weight is 192 g/mol. The molecule has 0 aromatic heterocycles. The zero-order valence-electron chi connectivity index (χ0n) is 7.66. The molecule has 0 aliphatic carbocycles. The van der Waals surface area contributed by atoms with E-state index in [1.165, 1.54) is 0 Å². The summed E-state index contributed by atoms with van der Waals surface area (Å²) in [5.41, 5.74) is 0. The third-order valence-corrected chi connectivity index (χ3v) is 2.28. The summed E-state index contributed by atoms with van der Waals surface area (Å²) in [6, 6.07) is 0. The lowest BCUT2D eigenvalue weighted by Crippen LogP contribution is -2.58. The molecule has 13 heavy (non-hydrogen) atoms. The summed E-state index contributed by atoms with van der Waals surface area (Å²) >= 11 is 0. The van der Waals surface area contributed by atoms with Gasteiger partial charge >= 0.3 is 0 Å². The van der Waals surface area contributed by atoms with Gasteiger partial charge < -0.3 is 25.2 Å². The minimum Gasteiger partial charge on any atom is -0.388 e. The van der Waals surface area contributed by atoms with E-state index in [4.69, 9.17) is 14.9 Å². The van der Waals surface area contributed by atoms with Crippen molar-refractivity contribution in [2.45, 2.75) is 44.6 Å². The Morgan fingerprint density at radius 1 is 0.923 bits per heavy atom. The lowest BCUT2D eigenvalue weighted by atomic mass is 9.92. The second-order valence-corrected chi connectivity index (χ2v) is 3.71. The molecule has 1 fully saturated rings. The van der Waals surface area contributed by atoms with E-state index in [0.29, 0.717) is 0 Å². The Morgan fingerprint density at radius 3 is 1.92 bits per heavy atom. The van der Waals surface area contributed by atoms with Crippen LogP contribution >= 0.6 is 0 Å². The van der Waals surface area contributed by atoms with E-state index in [1.807, 2.05) is 0 Å². The minimum absolute atomic E-state index is 0.0354. The van der Waals surface area contributed by atoms with Crippen LogP contribution < -0.4 is 0 Å². The monoisotopic (exact) mass is 192 g/mol. The Bertz CT molecular complexity index is 172. The van der Waals surface area contributed by atoms with E-state index in [2.05, 4.69) is 0 Å². The molecule has 5 atom stereocenters. The Labute approximate surface area is 76.6 Å². The van der Waals surface area contributed by atoms with Gasteiger partial charge in [-0.2, -0.15) is 0 Å². The molecule has 1 heterocycles. The largest absolute Gasteiger partial charge is 0.388 e. The average Bonchev–Trinajstić information content (AvgIpc) is 2.07. The summed E-state index contributed by atoms with van der Waals surface area (Å²) in [5.74, 6) is -0.0354. The van der Waals surface area contributed by atoms with Crippen molar-refractivity contribution in [2.24, 2.45) is 5.92 Å². The van der Waals surface area contributed by atoms with Crippen LogP contribution in [0.5, 0.6) is 0 Å². The highest BCUT2D eigenvalue weighted by Crippen LogP contribution is 2.24. The standard InChI is InChI=1S/C8H16O5/c1-3(2)7-5(10)4(9)6(11)8(12)13-7/h3-12H,1-2H3/t4-,5-,6+,7+,8?/m0/s1. The van der Waals surface area contributed by atoms with Crippen LogP contribution in [0.4, 0.5) is 0 Å². The van der Waals surface area contributed by atoms with Crippen molar-refractivity contribution in [1.29, 1.82) is 0 Å². The smallest absolute Gasteiger partial charge is 0.183 e. The third kappa shape index (κ3) is 2.00. The van der Waals surface area contributed by atoms with Crippen LogP contribution in [0.15, 0.2) is 0 Å². The Hall–Kier alpha value is -0.200. The van der Waals surface area contributed by atoms with Gasteiger partial charge in [0.05, 0.1) is 6.10 Å². The van der Waals surface area contributed by atoms with Crippen LogP contribution in [-0.2, 0) is 4.74 Å². The van der Waals surface area contributed by atoms with E-state index in [1.54, 1.807) is 13.8 Å². The maximum atomic E-state index is 9.45. The molecule has 0 aromatic rings. The number of rotatable bonds is 1. The number of aliphatic hydroxyl groups excluding tert-OH is 4. The van der Waals surface area contributed by atoms with E-state index >= 15 is 0 Å². The molecule has 0 bridgehead atoms. The molecular formula is C8H16O5. The zero-order chi connectivity index (χ0) is 10.2. The summed E-state index contributed by atoms with van der Waals surface area (Å²) in [5, 5.41) is 37.0. The van der Waals surface area contributed by atoms with E-state index in [-0.39, 0.29) is 5.92 Å². The molecule has 5 heteroatoms. The Kier molecular flexibility index (Phi) is 3.26. The van der Waals surface area contributed by atoms with Crippen LogP contribution in [0.3, 0.4) is 0 Å². The van der Waals surface area contributed by atoms with Crippen LogP contribution in [0.2, 0.25) is 0 Å². The second kappa shape index (κ2) is 3.89. The first kappa shape index (κ1) is 10.9. The van der Waals surface area contributed by atoms with Gasteiger partial charge in [0.2, 0.25) is 0 Å². The molecule has 0 aromatic carbocycles. The van der Waals surface area contributed by atoms with Crippen LogP contribution in [-0.4, -0.2) is 51.1 Å². The first-order valence-corrected chi connectivity index (χ1v) is 4.33. The highest BCUT2D eigenvalue weighted by Gasteiger charge is 2.43. The van der Waals surface area contributed by atoms with Gasteiger partial charge in [-0.15, -0.1) is 0 Å². The first-order chi connectivity index (χ1) is 5.95. The lowest BCUT2D eigenvalue weighted by Gasteiger charge is -2.40. The zero-order valence-corrected chi connectivity index (χ0v) is 7.66. The predicted octanol–water partition coefficient (Wildman–Crippen LogP) is -1.56. The molecule has 0 saturated carbocycles. The van der Waals surface area contributed by atoms with Crippen molar-refractivity contribution in [3.05, 3.63) is 0 Å². The fraction of sp³-hybridized carbons (Fsp3) is 1.00. The van der Waals surface area contributed by atoms with Crippen molar-refractivity contribution >= 4 is 0 Å². The SMILES string of the molecule is CC(C)[C@H]1OC(O)[C@H](O)[C@@H](O)[C@@H]1O. The fourth-order valence-corrected chi connectivity index (χ4v) is 1.44. The summed E-state index contributed by atoms with van der Waals surface area (Å²) in [7, 11) is 0. The molecule has 0 amide bonds. The summed E-state index contributed by atoms with van der Waals surface area (Å²) in [4.78, 5) is 0. The number of hydrogen-bond acceptors (Lipinski definition) is 5. The van der Waals surface area contributed by atoms with E-state index in [9.17, 15) is 10.2 Å². The van der Waals surface area contributed by atoms with Gasteiger partial charge in [0.15, 0.2) is 6.29 Å². The molecule has 1 aliphatic rings. The fourth-order valence-electron chi connectivity index (χ4n) is 1.44. The predicted molar refractivity (Wildman–Crippen MR) is 43.7 cm³/mol. The quantitative estimate of drug-likeness (QED) is 0.403. The van der Waals surface area contributed by atoms with Crippen LogP contribution in [0.1, 0.15) is 13.8 Å². The molecule has 0 radical (unpaired) electrons. The molecular weight excluding hydrogens is 176 g/mol. The molecule has 1 saturated heterocycles. The van der Waals surface area contributed by atoms with Gasteiger partial charge in [0.1, 0.15) is 18.3 Å². The number of ether oxygens (including phenoxy) is 1. The Morgan fingerprint density at radius 2 is 1.46 bits per heavy atom. The van der Waals surface area contributed by atoms with Crippen LogP contribution in [0.25, 0.3) is 0 Å². The third-order valence-electron chi connectivity index (χ3n) is 2.28. The topological polar surface area (TPSA) is 90.2 Å². The first-order valence-electron chi connectivity index (χ1n) is 4.33. The van der Waals surface area contributed by atoms with Gasteiger partial charge in [0.25, 0.3) is 0 Å². The van der Waals surface area contributed by atoms with Crippen molar-refractivity contribution in [3.63, 3.8) is 0 Å². The molecule has 1 aliphatic heterocycles. The molecule has 0 spiro atoms. The van der Waals surface area contributed by atoms with Gasteiger partial charge in [0, 0.05) is 0 Å². The van der Waals surface area contributed by atoms with Crippen molar-refractivity contribution in [1.82, 2.24) is 0 Å². The maximum absolute atomic E-state index is 9.45. The normalized spacial score (nSPS) is 46.8. The highest BCUT2D eigenvalue weighted by atomic mass is 16.6. The van der Waals surface area contributed by atoms with Crippen molar-refractivity contribution in [2.75, 3.05) is 0 Å². The van der Waals surface area contributed by atoms with Gasteiger partial charge in [-0.05, 0) is 5.92 Å². The van der Waals surface area contributed by atoms with Gasteiger partial charge in [-0.3, -0.25) is 0 Å². The molecule has 78 valence electrons. The Balaban J connectivity index is 2.70. The lowest BCUT2D eigenvalue weighted by molar-refractivity contribution is -0.289. The number of hydrogen-bond donors (Lipinski definition) is 4. The molecule has 1 rings (SSSR count). The molecule has 1 unspecified atom stereocenters. The van der Waals surface area contributed by atoms with E-state index in [0.717, 1.165) is 0 Å². The second-order valence-electron chi connectivity index (χ2n) is 3.71.